The number of fused-ring (bicyclic) bond motifs is 1. The molecule has 2 aromatic rings. The van der Waals surface area contributed by atoms with Gasteiger partial charge >= 0.3 is 0 Å². The number of halogens is 1. The molecule has 0 unspecified atom stereocenters. The van der Waals surface area contributed by atoms with Crippen LogP contribution < -0.4 is 5.32 Å². The van der Waals surface area contributed by atoms with E-state index in [4.69, 9.17) is 0 Å². The molecule has 1 aromatic heterocycles. The SMILES string of the molecule is C=C(CNC)c1c[nH]c2ccc(F)cc12. The molecule has 0 aliphatic rings. The predicted octanol–water partition coefficient (Wildman–Crippen LogP) is 2.54. The lowest BCUT2D eigenvalue weighted by Gasteiger charge is -2.02. The Morgan fingerprint density at radius 3 is 3.07 bits per heavy atom. The molecule has 2 nitrogen and oxygen atoms in total. The van der Waals surface area contributed by atoms with E-state index in [1.165, 1.54) is 12.1 Å². The van der Waals surface area contributed by atoms with E-state index in [9.17, 15) is 4.39 Å². The predicted molar refractivity (Wildman–Crippen MR) is 61.2 cm³/mol. The normalized spacial score (nSPS) is 10.8. The van der Waals surface area contributed by atoms with E-state index in [1.54, 1.807) is 6.07 Å². The van der Waals surface area contributed by atoms with Crippen LogP contribution in [0.25, 0.3) is 16.5 Å². The number of aromatic nitrogens is 1. The van der Waals surface area contributed by atoms with Crippen molar-refractivity contribution in [2.45, 2.75) is 0 Å². The minimum Gasteiger partial charge on any atom is -0.361 e. The van der Waals surface area contributed by atoms with Gasteiger partial charge in [0.05, 0.1) is 0 Å². The Bertz CT molecular complexity index is 499. The van der Waals surface area contributed by atoms with Crippen molar-refractivity contribution in [1.29, 1.82) is 0 Å². The molecule has 0 saturated carbocycles. The van der Waals surface area contributed by atoms with Gasteiger partial charge in [-0.3, -0.25) is 0 Å². The van der Waals surface area contributed by atoms with E-state index >= 15 is 0 Å². The van der Waals surface area contributed by atoms with Crippen molar-refractivity contribution in [3.05, 3.63) is 42.4 Å². The first-order chi connectivity index (χ1) is 7.22. The smallest absolute Gasteiger partial charge is 0.123 e. The molecule has 0 radical (unpaired) electrons. The van der Waals surface area contributed by atoms with Gasteiger partial charge in [-0.1, -0.05) is 6.58 Å². The fraction of sp³-hybridized carbons (Fsp3) is 0.167. The van der Waals surface area contributed by atoms with E-state index in [-0.39, 0.29) is 5.82 Å². The van der Waals surface area contributed by atoms with Gasteiger partial charge in [0.15, 0.2) is 0 Å². The summed E-state index contributed by atoms with van der Waals surface area (Å²) < 4.78 is 13.1. The first kappa shape index (κ1) is 9.93. The van der Waals surface area contributed by atoms with Crippen molar-refractivity contribution in [2.24, 2.45) is 0 Å². The molecule has 2 rings (SSSR count). The van der Waals surface area contributed by atoms with Crippen molar-refractivity contribution < 1.29 is 4.39 Å². The van der Waals surface area contributed by atoms with E-state index < -0.39 is 0 Å². The number of hydrogen-bond acceptors (Lipinski definition) is 1. The van der Waals surface area contributed by atoms with Gasteiger partial charge in [0.2, 0.25) is 0 Å². The number of aromatic amines is 1. The van der Waals surface area contributed by atoms with Gasteiger partial charge in [0, 0.05) is 29.2 Å². The highest BCUT2D eigenvalue weighted by Crippen LogP contribution is 2.24. The third-order valence-corrected chi connectivity index (χ3v) is 2.41. The number of hydrogen-bond donors (Lipinski definition) is 2. The van der Waals surface area contributed by atoms with E-state index in [1.807, 2.05) is 13.2 Å². The number of likely N-dealkylation sites (N-methyl/N-ethyl adjacent to an activating group) is 1. The molecule has 1 heterocycles. The average molecular weight is 204 g/mol. The van der Waals surface area contributed by atoms with Crippen molar-refractivity contribution >= 4 is 16.5 Å². The van der Waals surface area contributed by atoms with Crippen molar-refractivity contribution in [3.8, 4) is 0 Å². The van der Waals surface area contributed by atoms with Crippen LogP contribution in [0.5, 0.6) is 0 Å². The van der Waals surface area contributed by atoms with Crippen molar-refractivity contribution in [1.82, 2.24) is 10.3 Å². The summed E-state index contributed by atoms with van der Waals surface area (Å²) in [5.41, 5.74) is 2.86. The zero-order valence-corrected chi connectivity index (χ0v) is 8.60. The number of nitrogens with one attached hydrogen (secondary N) is 2. The zero-order chi connectivity index (χ0) is 10.8. The fourth-order valence-corrected chi connectivity index (χ4v) is 1.69. The fourth-order valence-electron chi connectivity index (χ4n) is 1.69. The topological polar surface area (TPSA) is 27.8 Å². The van der Waals surface area contributed by atoms with Crippen LogP contribution in [-0.4, -0.2) is 18.6 Å². The van der Waals surface area contributed by atoms with Crippen molar-refractivity contribution in [2.75, 3.05) is 13.6 Å². The molecule has 0 atom stereocenters. The molecule has 0 aliphatic carbocycles. The minimum atomic E-state index is -0.222. The molecule has 0 aliphatic heterocycles. The highest BCUT2D eigenvalue weighted by molar-refractivity contribution is 5.92. The summed E-state index contributed by atoms with van der Waals surface area (Å²) in [6.07, 6.45) is 1.86. The Labute approximate surface area is 87.8 Å². The third-order valence-electron chi connectivity index (χ3n) is 2.41. The van der Waals surface area contributed by atoms with Crippen LogP contribution in [-0.2, 0) is 0 Å². The van der Waals surface area contributed by atoms with Gasteiger partial charge < -0.3 is 10.3 Å². The summed E-state index contributed by atoms with van der Waals surface area (Å²) in [5.74, 6) is -0.222. The molecule has 1 aromatic carbocycles. The molecule has 0 spiro atoms. The number of benzene rings is 1. The molecule has 0 fully saturated rings. The summed E-state index contributed by atoms with van der Waals surface area (Å²) in [6.45, 7) is 4.66. The average Bonchev–Trinajstić information content (AvgIpc) is 2.60. The van der Waals surface area contributed by atoms with Crippen LogP contribution in [0.4, 0.5) is 4.39 Å². The van der Waals surface area contributed by atoms with Gasteiger partial charge in [-0.15, -0.1) is 0 Å². The van der Waals surface area contributed by atoms with Crippen LogP contribution in [0.3, 0.4) is 0 Å². The van der Waals surface area contributed by atoms with Gasteiger partial charge in [-0.05, 0) is 30.8 Å². The quantitative estimate of drug-likeness (QED) is 0.790. The van der Waals surface area contributed by atoms with Crippen LogP contribution in [0.2, 0.25) is 0 Å². The second kappa shape index (κ2) is 3.87. The lowest BCUT2D eigenvalue weighted by Crippen LogP contribution is -2.08. The maximum atomic E-state index is 13.1. The highest BCUT2D eigenvalue weighted by atomic mass is 19.1. The maximum Gasteiger partial charge on any atom is 0.123 e. The summed E-state index contributed by atoms with van der Waals surface area (Å²) in [7, 11) is 1.86. The first-order valence-electron chi connectivity index (χ1n) is 4.82. The summed E-state index contributed by atoms with van der Waals surface area (Å²) in [6, 6.07) is 4.71. The highest BCUT2D eigenvalue weighted by Gasteiger charge is 2.06. The minimum absolute atomic E-state index is 0.222. The van der Waals surface area contributed by atoms with Gasteiger partial charge in [-0.2, -0.15) is 0 Å². The molecule has 78 valence electrons. The summed E-state index contributed by atoms with van der Waals surface area (Å²) in [4.78, 5) is 3.10. The molecule has 15 heavy (non-hydrogen) atoms. The molecule has 0 amide bonds. The third kappa shape index (κ3) is 1.78. The number of rotatable bonds is 3. The van der Waals surface area contributed by atoms with E-state index in [0.29, 0.717) is 6.54 Å². The second-order valence-corrected chi connectivity index (χ2v) is 3.53. The van der Waals surface area contributed by atoms with E-state index in [0.717, 1.165) is 22.0 Å². The molecular formula is C12H13FN2. The summed E-state index contributed by atoms with van der Waals surface area (Å²) >= 11 is 0. The monoisotopic (exact) mass is 204 g/mol. The van der Waals surface area contributed by atoms with Crippen molar-refractivity contribution in [3.63, 3.8) is 0 Å². The Balaban J connectivity index is 2.52. The number of H-pyrrole nitrogens is 1. The largest absolute Gasteiger partial charge is 0.361 e. The Morgan fingerprint density at radius 2 is 2.33 bits per heavy atom. The molecule has 0 bridgehead atoms. The standard InChI is InChI=1S/C12H13FN2/c1-8(6-14-2)11-7-15-12-4-3-9(13)5-10(11)12/h3-5,7,14-15H,1,6H2,2H3. The Morgan fingerprint density at radius 1 is 1.53 bits per heavy atom. The van der Waals surface area contributed by atoms with E-state index in [2.05, 4.69) is 16.9 Å². The molecule has 3 heteroatoms. The molecule has 0 saturated heterocycles. The van der Waals surface area contributed by atoms with Gasteiger partial charge in [0.25, 0.3) is 0 Å². The van der Waals surface area contributed by atoms with Crippen LogP contribution in [0, 0.1) is 5.82 Å². The van der Waals surface area contributed by atoms with Gasteiger partial charge in [-0.25, -0.2) is 4.39 Å². The Hall–Kier alpha value is -1.61. The van der Waals surface area contributed by atoms with Crippen LogP contribution in [0.1, 0.15) is 5.56 Å². The summed E-state index contributed by atoms with van der Waals surface area (Å²) in [5, 5.41) is 3.91. The molecule has 2 N–H and O–H groups in total. The Kier molecular flexibility index (Phi) is 2.56. The first-order valence-corrected chi connectivity index (χ1v) is 4.82. The van der Waals surface area contributed by atoms with Crippen LogP contribution >= 0.6 is 0 Å². The molecular weight excluding hydrogens is 191 g/mol. The van der Waals surface area contributed by atoms with Crippen LogP contribution in [0.15, 0.2) is 31.0 Å². The van der Waals surface area contributed by atoms with Gasteiger partial charge in [0.1, 0.15) is 5.82 Å². The zero-order valence-electron chi connectivity index (χ0n) is 8.60. The second-order valence-electron chi connectivity index (χ2n) is 3.53. The maximum absolute atomic E-state index is 13.1. The lowest BCUT2D eigenvalue weighted by atomic mass is 10.1. The lowest BCUT2D eigenvalue weighted by molar-refractivity contribution is 0.629.